The number of carbonyl (C=O) groups is 2. The third-order valence-electron chi connectivity index (χ3n) is 4.68. The number of nitrogens with one attached hydrogen (secondary N) is 1. The first-order valence-corrected chi connectivity index (χ1v) is 9.43. The van der Waals surface area contributed by atoms with E-state index in [4.69, 9.17) is 4.74 Å². The third kappa shape index (κ3) is 5.46. The number of rotatable bonds is 6. The molecule has 0 radical (unpaired) electrons. The molecule has 144 valence electrons. The van der Waals surface area contributed by atoms with E-state index in [-0.39, 0.29) is 17.7 Å². The number of ether oxygens (including phenoxy) is 1. The van der Waals surface area contributed by atoms with Gasteiger partial charge in [0, 0.05) is 25.2 Å². The van der Waals surface area contributed by atoms with Gasteiger partial charge in [-0.1, -0.05) is 13.8 Å². The average molecular weight is 361 g/mol. The maximum atomic E-state index is 13.0. The molecular formula is C20H31N3O3. The number of nitrogens with zero attached hydrogens (tertiary/aromatic N) is 2. The van der Waals surface area contributed by atoms with Crippen molar-refractivity contribution >= 4 is 11.8 Å². The minimum absolute atomic E-state index is 0.00888. The standard InChI is InChI=1S/C20H31N3O3/c1-5-26-17-9-7-16(8-10-17)19(24)21-18(15(2)3)20(25)23-12-6-11-22(4)13-14-23/h7-10,15,18H,5-6,11-14H2,1-4H3,(H,21,24). The summed E-state index contributed by atoms with van der Waals surface area (Å²) in [7, 11) is 2.07. The van der Waals surface area contributed by atoms with Gasteiger partial charge >= 0.3 is 0 Å². The van der Waals surface area contributed by atoms with Gasteiger partial charge in [0.2, 0.25) is 5.91 Å². The van der Waals surface area contributed by atoms with Crippen LogP contribution in [0, 0.1) is 5.92 Å². The lowest BCUT2D eigenvalue weighted by Gasteiger charge is -2.29. The Morgan fingerprint density at radius 1 is 1.12 bits per heavy atom. The van der Waals surface area contributed by atoms with Crippen LogP contribution in [0.1, 0.15) is 37.6 Å². The summed E-state index contributed by atoms with van der Waals surface area (Å²) < 4.78 is 5.40. The first-order chi connectivity index (χ1) is 12.4. The van der Waals surface area contributed by atoms with Gasteiger partial charge in [-0.2, -0.15) is 0 Å². The van der Waals surface area contributed by atoms with Crippen molar-refractivity contribution in [3.8, 4) is 5.75 Å². The predicted octanol–water partition coefficient (Wildman–Crippen LogP) is 2.00. The smallest absolute Gasteiger partial charge is 0.251 e. The van der Waals surface area contributed by atoms with E-state index < -0.39 is 6.04 Å². The average Bonchev–Trinajstić information content (AvgIpc) is 2.84. The zero-order valence-electron chi connectivity index (χ0n) is 16.3. The van der Waals surface area contributed by atoms with Crippen LogP contribution in [-0.4, -0.2) is 67.5 Å². The Labute approximate surface area is 156 Å². The van der Waals surface area contributed by atoms with E-state index in [0.717, 1.165) is 31.8 Å². The Balaban J connectivity index is 2.04. The topological polar surface area (TPSA) is 61.9 Å². The van der Waals surface area contributed by atoms with Gasteiger partial charge in [0.1, 0.15) is 11.8 Å². The fourth-order valence-electron chi connectivity index (χ4n) is 3.07. The molecule has 1 aromatic rings. The minimum atomic E-state index is -0.516. The fraction of sp³-hybridized carbons (Fsp3) is 0.600. The summed E-state index contributed by atoms with van der Waals surface area (Å²) >= 11 is 0. The molecule has 6 nitrogen and oxygen atoms in total. The van der Waals surface area contributed by atoms with Crippen LogP contribution in [0.25, 0.3) is 0 Å². The van der Waals surface area contributed by atoms with E-state index in [0.29, 0.717) is 18.7 Å². The Hall–Kier alpha value is -2.08. The van der Waals surface area contributed by atoms with Crippen LogP contribution in [0.3, 0.4) is 0 Å². The molecule has 26 heavy (non-hydrogen) atoms. The van der Waals surface area contributed by atoms with Crippen molar-refractivity contribution < 1.29 is 14.3 Å². The Bertz CT molecular complexity index is 601. The van der Waals surface area contributed by atoms with Gasteiger partial charge in [-0.25, -0.2) is 0 Å². The largest absolute Gasteiger partial charge is 0.494 e. The quantitative estimate of drug-likeness (QED) is 0.842. The lowest BCUT2D eigenvalue weighted by Crippen LogP contribution is -2.52. The third-order valence-corrected chi connectivity index (χ3v) is 4.68. The van der Waals surface area contributed by atoms with Crippen LogP contribution in [-0.2, 0) is 4.79 Å². The van der Waals surface area contributed by atoms with Gasteiger partial charge in [0.25, 0.3) is 5.91 Å². The van der Waals surface area contributed by atoms with Crippen molar-refractivity contribution in [2.24, 2.45) is 5.92 Å². The molecule has 1 saturated heterocycles. The second-order valence-electron chi connectivity index (χ2n) is 7.13. The maximum Gasteiger partial charge on any atom is 0.251 e. The summed E-state index contributed by atoms with van der Waals surface area (Å²) in [5.74, 6) is 0.533. The van der Waals surface area contributed by atoms with E-state index in [2.05, 4.69) is 17.3 Å². The van der Waals surface area contributed by atoms with Crippen LogP contribution in [0.4, 0.5) is 0 Å². The highest BCUT2D eigenvalue weighted by atomic mass is 16.5. The van der Waals surface area contributed by atoms with Gasteiger partial charge in [0.05, 0.1) is 6.61 Å². The number of amides is 2. The number of benzene rings is 1. The van der Waals surface area contributed by atoms with Crippen LogP contribution in [0.15, 0.2) is 24.3 Å². The van der Waals surface area contributed by atoms with Crippen molar-refractivity contribution in [3.05, 3.63) is 29.8 Å². The molecule has 0 saturated carbocycles. The van der Waals surface area contributed by atoms with Crippen molar-refractivity contribution in [2.45, 2.75) is 33.2 Å². The van der Waals surface area contributed by atoms with E-state index in [1.165, 1.54) is 0 Å². The molecule has 1 atom stereocenters. The van der Waals surface area contributed by atoms with E-state index >= 15 is 0 Å². The van der Waals surface area contributed by atoms with Crippen molar-refractivity contribution in [1.29, 1.82) is 0 Å². The molecule has 1 N–H and O–H groups in total. The summed E-state index contributed by atoms with van der Waals surface area (Å²) in [5.41, 5.74) is 0.530. The molecule has 0 aliphatic carbocycles. The van der Waals surface area contributed by atoms with E-state index in [1.807, 2.05) is 25.7 Å². The molecule has 1 unspecified atom stereocenters. The fourth-order valence-corrected chi connectivity index (χ4v) is 3.07. The zero-order chi connectivity index (χ0) is 19.1. The summed E-state index contributed by atoms with van der Waals surface area (Å²) in [5, 5.41) is 2.93. The highest BCUT2D eigenvalue weighted by molar-refractivity contribution is 5.97. The van der Waals surface area contributed by atoms with Crippen LogP contribution in [0.2, 0.25) is 0 Å². The monoisotopic (exact) mass is 361 g/mol. The molecule has 1 aliphatic rings. The van der Waals surface area contributed by atoms with Crippen LogP contribution >= 0.6 is 0 Å². The SMILES string of the molecule is CCOc1ccc(C(=O)NC(C(=O)N2CCCN(C)CC2)C(C)C)cc1. The minimum Gasteiger partial charge on any atom is -0.494 e. The van der Waals surface area contributed by atoms with E-state index in [1.54, 1.807) is 24.3 Å². The summed E-state index contributed by atoms with van der Waals surface area (Å²) in [6.07, 6.45) is 0.958. The molecular weight excluding hydrogens is 330 g/mol. The second kappa shape index (κ2) is 9.57. The second-order valence-corrected chi connectivity index (χ2v) is 7.13. The molecule has 2 amide bonds. The lowest BCUT2D eigenvalue weighted by molar-refractivity contribution is -0.134. The number of hydrogen-bond donors (Lipinski definition) is 1. The normalized spacial score (nSPS) is 16.9. The summed E-state index contributed by atoms with van der Waals surface area (Å²) in [4.78, 5) is 29.7. The summed E-state index contributed by atoms with van der Waals surface area (Å²) in [6, 6.07) is 6.48. The molecule has 0 spiro atoms. The van der Waals surface area contributed by atoms with Gasteiger partial charge < -0.3 is 19.9 Å². The lowest BCUT2D eigenvalue weighted by atomic mass is 10.0. The number of likely N-dealkylation sites (N-methyl/N-ethyl adjacent to an activating group) is 1. The molecule has 1 aliphatic heterocycles. The van der Waals surface area contributed by atoms with Crippen molar-refractivity contribution in [2.75, 3.05) is 39.8 Å². The van der Waals surface area contributed by atoms with Gasteiger partial charge in [-0.05, 0) is 57.1 Å². The molecule has 1 fully saturated rings. The van der Waals surface area contributed by atoms with E-state index in [9.17, 15) is 9.59 Å². The number of hydrogen-bond acceptors (Lipinski definition) is 4. The highest BCUT2D eigenvalue weighted by Crippen LogP contribution is 2.14. The van der Waals surface area contributed by atoms with Crippen LogP contribution < -0.4 is 10.1 Å². The van der Waals surface area contributed by atoms with Gasteiger partial charge in [0.15, 0.2) is 0 Å². The van der Waals surface area contributed by atoms with Crippen molar-refractivity contribution in [1.82, 2.24) is 15.1 Å². The molecule has 2 rings (SSSR count). The molecule has 0 aromatic heterocycles. The van der Waals surface area contributed by atoms with Gasteiger partial charge in [-0.3, -0.25) is 9.59 Å². The summed E-state index contributed by atoms with van der Waals surface area (Å²) in [6.45, 7) is 9.73. The number of carbonyl (C=O) groups excluding carboxylic acids is 2. The molecule has 1 heterocycles. The Kier molecular flexibility index (Phi) is 7.45. The molecule has 1 aromatic carbocycles. The predicted molar refractivity (Wildman–Crippen MR) is 102 cm³/mol. The molecule has 6 heteroatoms. The first kappa shape index (κ1) is 20.2. The highest BCUT2D eigenvalue weighted by Gasteiger charge is 2.29. The molecule has 0 bridgehead atoms. The zero-order valence-corrected chi connectivity index (χ0v) is 16.3. The first-order valence-electron chi connectivity index (χ1n) is 9.43. The van der Waals surface area contributed by atoms with Crippen LogP contribution in [0.5, 0.6) is 5.75 Å². The van der Waals surface area contributed by atoms with Crippen molar-refractivity contribution in [3.63, 3.8) is 0 Å². The Morgan fingerprint density at radius 2 is 1.81 bits per heavy atom. The maximum absolute atomic E-state index is 13.0. The Morgan fingerprint density at radius 3 is 2.42 bits per heavy atom. The van der Waals surface area contributed by atoms with Gasteiger partial charge in [-0.15, -0.1) is 0 Å².